The molecular formula is C25H50N2O3. The summed E-state index contributed by atoms with van der Waals surface area (Å²) in [5.41, 5.74) is 0. The molecule has 2 amide bonds. The number of urea groups is 1. The molecule has 1 atom stereocenters. The zero-order valence-corrected chi connectivity index (χ0v) is 20.1. The highest BCUT2D eigenvalue weighted by Gasteiger charge is 2.20. The summed E-state index contributed by atoms with van der Waals surface area (Å²) in [6, 6.07) is -1.18. The van der Waals surface area contributed by atoms with E-state index in [1.807, 2.05) is 13.8 Å². The number of hydrogen-bond donors (Lipinski definition) is 3. The number of carbonyl (C=O) groups is 2. The molecule has 0 aromatic carbocycles. The normalized spacial score (nSPS) is 12.1. The van der Waals surface area contributed by atoms with Crippen molar-refractivity contribution in [2.45, 2.75) is 136 Å². The minimum Gasteiger partial charge on any atom is -0.480 e. The Morgan fingerprint density at radius 1 is 0.700 bits per heavy atom. The summed E-state index contributed by atoms with van der Waals surface area (Å²) in [7, 11) is 0. The third-order valence-electron chi connectivity index (χ3n) is 5.63. The SMILES string of the molecule is CCCCCCCCCCCCCCCCCCNC(=O)N[C@H](CC(C)C)C(=O)O. The fourth-order valence-electron chi connectivity index (χ4n) is 3.78. The van der Waals surface area contributed by atoms with Gasteiger partial charge in [-0.2, -0.15) is 0 Å². The van der Waals surface area contributed by atoms with Crippen molar-refractivity contribution in [2.75, 3.05) is 6.54 Å². The quantitative estimate of drug-likeness (QED) is 0.172. The van der Waals surface area contributed by atoms with E-state index in [0.717, 1.165) is 12.8 Å². The Labute approximate surface area is 186 Å². The first-order valence-electron chi connectivity index (χ1n) is 12.7. The van der Waals surface area contributed by atoms with Gasteiger partial charge in [0.2, 0.25) is 0 Å². The van der Waals surface area contributed by atoms with Crippen molar-refractivity contribution in [1.82, 2.24) is 10.6 Å². The second-order valence-electron chi connectivity index (χ2n) is 9.22. The maximum Gasteiger partial charge on any atom is 0.326 e. The lowest BCUT2D eigenvalue weighted by molar-refractivity contribution is -0.139. The minimum atomic E-state index is -0.971. The van der Waals surface area contributed by atoms with Crippen LogP contribution in [-0.4, -0.2) is 29.7 Å². The van der Waals surface area contributed by atoms with Crippen molar-refractivity contribution in [3.05, 3.63) is 0 Å². The van der Waals surface area contributed by atoms with Crippen molar-refractivity contribution in [1.29, 1.82) is 0 Å². The summed E-state index contributed by atoms with van der Waals surface area (Å²) in [6.45, 7) is 6.78. The van der Waals surface area contributed by atoms with E-state index in [1.165, 1.54) is 89.9 Å². The van der Waals surface area contributed by atoms with Gasteiger partial charge in [0.25, 0.3) is 0 Å². The Bertz CT molecular complexity index is 413. The van der Waals surface area contributed by atoms with Gasteiger partial charge in [0.05, 0.1) is 0 Å². The lowest BCUT2D eigenvalue weighted by atomic mass is 10.0. The fourth-order valence-corrected chi connectivity index (χ4v) is 3.78. The number of rotatable bonds is 21. The molecule has 0 rings (SSSR count). The van der Waals surface area contributed by atoms with Crippen molar-refractivity contribution in [2.24, 2.45) is 5.92 Å². The predicted octanol–water partition coefficient (Wildman–Crippen LogP) is 7.05. The molecule has 0 aliphatic rings. The van der Waals surface area contributed by atoms with Crippen molar-refractivity contribution >= 4 is 12.0 Å². The Kier molecular flexibility index (Phi) is 20.1. The smallest absolute Gasteiger partial charge is 0.326 e. The van der Waals surface area contributed by atoms with Crippen LogP contribution >= 0.6 is 0 Å². The number of hydrogen-bond acceptors (Lipinski definition) is 2. The Balaban J connectivity index is 3.36. The number of carboxylic acids is 1. The van der Waals surface area contributed by atoms with Crippen LogP contribution in [-0.2, 0) is 4.79 Å². The van der Waals surface area contributed by atoms with Gasteiger partial charge in [-0.05, 0) is 18.8 Å². The van der Waals surface area contributed by atoms with Crippen molar-refractivity contribution < 1.29 is 14.7 Å². The molecule has 0 spiro atoms. The van der Waals surface area contributed by atoms with Crippen LogP contribution in [0.1, 0.15) is 130 Å². The number of carbonyl (C=O) groups excluding carboxylic acids is 1. The highest BCUT2D eigenvalue weighted by molar-refractivity contribution is 5.82. The van der Waals surface area contributed by atoms with E-state index in [1.54, 1.807) is 0 Å². The van der Waals surface area contributed by atoms with Gasteiger partial charge in [-0.1, -0.05) is 117 Å². The second kappa shape index (κ2) is 21.0. The summed E-state index contributed by atoms with van der Waals surface area (Å²) in [5, 5.41) is 14.5. The molecule has 0 aromatic heterocycles. The molecule has 0 unspecified atom stereocenters. The van der Waals surface area contributed by atoms with Gasteiger partial charge in [0.15, 0.2) is 0 Å². The number of aliphatic carboxylic acids is 1. The zero-order chi connectivity index (χ0) is 22.5. The van der Waals surface area contributed by atoms with Crippen LogP contribution < -0.4 is 10.6 Å². The van der Waals surface area contributed by atoms with Crippen LogP contribution in [0.15, 0.2) is 0 Å². The summed E-state index contributed by atoms with van der Waals surface area (Å²) in [5.74, 6) is -0.743. The lowest BCUT2D eigenvalue weighted by Crippen LogP contribution is -2.46. The van der Waals surface area contributed by atoms with Gasteiger partial charge in [-0.3, -0.25) is 0 Å². The summed E-state index contributed by atoms with van der Waals surface area (Å²) in [4.78, 5) is 23.0. The van der Waals surface area contributed by atoms with E-state index in [4.69, 9.17) is 5.11 Å². The van der Waals surface area contributed by atoms with Gasteiger partial charge < -0.3 is 15.7 Å². The predicted molar refractivity (Wildman–Crippen MR) is 127 cm³/mol. The van der Waals surface area contributed by atoms with Gasteiger partial charge >= 0.3 is 12.0 Å². The number of nitrogens with one attached hydrogen (secondary N) is 2. The first-order valence-corrected chi connectivity index (χ1v) is 12.7. The Morgan fingerprint density at radius 2 is 1.10 bits per heavy atom. The average molecular weight is 427 g/mol. The summed E-state index contributed by atoms with van der Waals surface area (Å²) in [6.07, 6.45) is 21.7. The van der Waals surface area contributed by atoms with Crippen LogP contribution in [0.25, 0.3) is 0 Å². The molecule has 0 heterocycles. The largest absolute Gasteiger partial charge is 0.480 e. The standard InChI is InChI=1S/C25H50N2O3/c1-4-5-6-7-8-9-10-11-12-13-14-15-16-17-18-19-20-26-25(30)27-23(24(28)29)21-22(2)3/h22-23H,4-21H2,1-3H3,(H,28,29)(H2,26,27,30)/t23-/m1/s1. The van der Waals surface area contributed by atoms with Gasteiger partial charge in [0, 0.05) is 6.54 Å². The third-order valence-corrected chi connectivity index (χ3v) is 5.63. The lowest BCUT2D eigenvalue weighted by Gasteiger charge is -2.16. The maximum absolute atomic E-state index is 11.8. The molecule has 0 radical (unpaired) electrons. The second-order valence-corrected chi connectivity index (χ2v) is 9.22. The molecule has 0 saturated carbocycles. The van der Waals surface area contributed by atoms with E-state index >= 15 is 0 Å². The van der Waals surface area contributed by atoms with E-state index in [9.17, 15) is 9.59 Å². The van der Waals surface area contributed by atoms with E-state index in [-0.39, 0.29) is 11.9 Å². The molecule has 0 aromatic rings. The number of amides is 2. The molecule has 0 aliphatic carbocycles. The molecule has 0 fully saturated rings. The van der Waals surface area contributed by atoms with Gasteiger partial charge in [-0.25, -0.2) is 9.59 Å². The molecule has 5 nitrogen and oxygen atoms in total. The molecule has 0 saturated heterocycles. The van der Waals surface area contributed by atoms with Crippen LogP contribution in [0.5, 0.6) is 0 Å². The first kappa shape index (κ1) is 28.7. The maximum atomic E-state index is 11.8. The molecule has 5 heteroatoms. The molecule has 30 heavy (non-hydrogen) atoms. The van der Waals surface area contributed by atoms with Crippen molar-refractivity contribution in [3.63, 3.8) is 0 Å². The summed E-state index contributed by atoms with van der Waals surface area (Å²) >= 11 is 0. The van der Waals surface area contributed by atoms with E-state index in [0.29, 0.717) is 13.0 Å². The molecule has 3 N–H and O–H groups in total. The summed E-state index contributed by atoms with van der Waals surface area (Å²) < 4.78 is 0. The monoisotopic (exact) mass is 426 g/mol. The highest BCUT2D eigenvalue weighted by Crippen LogP contribution is 2.13. The minimum absolute atomic E-state index is 0.228. The molecule has 0 bridgehead atoms. The van der Waals surface area contributed by atoms with Crippen LogP contribution in [0.3, 0.4) is 0 Å². The highest BCUT2D eigenvalue weighted by atomic mass is 16.4. The molecule has 178 valence electrons. The van der Waals surface area contributed by atoms with Crippen LogP contribution in [0, 0.1) is 5.92 Å². The van der Waals surface area contributed by atoms with Gasteiger partial charge in [0.1, 0.15) is 6.04 Å². The molecule has 0 aliphatic heterocycles. The number of carboxylic acid groups (broad SMARTS) is 1. The van der Waals surface area contributed by atoms with Crippen LogP contribution in [0.4, 0.5) is 4.79 Å². The van der Waals surface area contributed by atoms with Crippen LogP contribution in [0.2, 0.25) is 0 Å². The third kappa shape index (κ3) is 20.0. The van der Waals surface area contributed by atoms with Gasteiger partial charge in [-0.15, -0.1) is 0 Å². The number of unbranched alkanes of at least 4 members (excludes halogenated alkanes) is 15. The molecular weight excluding hydrogens is 376 g/mol. The average Bonchev–Trinajstić information content (AvgIpc) is 2.69. The van der Waals surface area contributed by atoms with Crippen molar-refractivity contribution in [3.8, 4) is 0 Å². The van der Waals surface area contributed by atoms with E-state index < -0.39 is 12.0 Å². The Morgan fingerprint density at radius 3 is 1.47 bits per heavy atom. The zero-order valence-electron chi connectivity index (χ0n) is 20.1. The fraction of sp³-hybridized carbons (Fsp3) is 0.920. The first-order chi connectivity index (χ1) is 14.5. The Hall–Kier alpha value is -1.26. The topological polar surface area (TPSA) is 78.4 Å². The van der Waals surface area contributed by atoms with E-state index in [2.05, 4.69) is 17.6 Å².